The van der Waals surface area contributed by atoms with Crippen molar-refractivity contribution in [1.29, 1.82) is 0 Å². The molecule has 1 aliphatic rings. The quantitative estimate of drug-likeness (QED) is 0.710. The Balaban J connectivity index is 1.69. The number of methoxy groups -OCH3 is 1. The molecule has 124 valence electrons. The van der Waals surface area contributed by atoms with Crippen molar-refractivity contribution in [2.24, 2.45) is 5.10 Å². The summed E-state index contributed by atoms with van der Waals surface area (Å²) in [7, 11) is 1.66. The van der Waals surface area contributed by atoms with Crippen molar-refractivity contribution in [3.63, 3.8) is 0 Å². The first-order valence-corrected chi connectivity index (χ1v) is 8.66. The van der Waals surface area contributed by atoms with Crippen molar-refractivity contribution in [2.45, 2.75) is 12.1 Å². The molecular formula is C19H16N4OS. The fraction of sp³-hybridized carbons (Fsp3) is 0.105. The fourth-order valence-corrected chi connectivity index (χ4v) is 3.52. The number of hydrogen-bond donors (Lipinski definition) is 0. The Labute approximate surface area is 150 Å². The van der Waals surface area contributed by atoms with Gasteiger partial charge in [0.05, 0.1) is 7.11 Å². The highest BCUT2D eigenvalue weighted by Gasteiger charge is 2.18. The molecule has 3 aromatic rings. The summed E-state index contributed by atoms with van der Waals surface area (Å²) >= 11 is 1.55. The molecule has 0 radical (unpaired) electrons. The molecule has 0 aliphatic carbocycles. The van der Waals surface area contributed by atoms with Gasteiger partial charge in [-0.2, -0.15) is 9.78 Å². The van der Waals surface area contributed by atoms with Crippen molar-refractivity contribution in [3.05, 3.63) is 65.7 Å². The molecule has 2 heterocycles. The Morgan fingerprint density at radius 2 is 1.80 bits per heavy atom. The number of allylic oxidation sites excluding steroid dienone is 1. The molecule has 0 N–H and O–H groups in total. The molecule has 0 saturated carbocycles. The van der Waals surface area contributed by atoms with Crippen LogP contribution in [0.25, 0.3) is 16.3 Å². The number of aryl methyl sites for hydroxylation is 1. The van der Waals surface area contributed by atoms with E-state index in [-0.39, 0.29) is 0 Å². The van der Waals surface area contributed by atoms with E-state index in [2.05, 4.69) is 28.3 Å². The number of ether oxygens (including phenoxy) is 1. The lowest BCUT2D eigenvalue weighted by Gasteiger charge is -2.06. The van der Waals surface area contributed by atoms with Crippen LogP contribution in [0.2, 0.25) is 0 Å². The van der Waals surface area contributed by atoms with Crippen LogP contribution in [0.1, 0.15) is 11.1 Å². The second-order valence-electron chi connectivity index (χ2n) is 5.56. The van der Waals surface area contributed by atoms with Crippen molar-refractivity contribution in [2.75, 3.05) is 7.11 Å². The monoisotopic (exact) mass is 348 g/mol. The molecule has 1 aromatic heterocycles. The minimum Gasteiger partial charge on any atom is -0.497 e. The number of benzene rings is 2. The minimum atomic E-state index is 0.745. The van der Waals surface area contributed by atoms with Gasteiger partial charge >= 0.3 is 0 Å². The summed E-state index contributed by atoms with van der Waals surface area (Å²) in [5, 5.41) is 14.0. The molecule has 4 rings (SSSR count). The first-order chi connectivity index (χ1) is 12.3. The van der Waals surface area contributed by atoms with E-state index < -0.39 is 0 Å². The van der Waals surface area contributed by atoms with E-state index in [9.17, 15) is 0 Å². The topological polar surface area (TPSA) is 52.3 Å². The standard InChI is InChI=1S/C19H16N4OS/c1-13-5-3-4-6-16(13)18-21-22-19-23(18)20-12-11-17(25-19)14-7-9-15(24-2)10-8-14/h3-12H,1-2H3. The van der Waals surface area contributed by atoms with Crippen LogP contribution in [-0.4, -0.2) is 28.2 Å². The lowest BCUT2D eigenvalue weighted by Crippen LogP contribution is -1.95. The third-order valence-electron chi connectivity index (χ3n) is 3.98. The van der Waals surface area contributed by atoms with Crippen LogP contribution in [0.5, 0.6) is 5.75 Å². The van der Waals surface area contributed by atoms with Gasteiger partial charge in [0, 0.05) is 16.7 Å². The maximum Gasteiger partial charge on any atom is 0.217 e. The summed E-state index contributed by atoms with van der Waals surface area (Å²) in [6.45, 7) is 2.06. The summed E-state index contributed by atoms with van der Waals surface area (Å²) in [6, 6.07) is 16.1. The van der Waals surface area contributed by atoms with Gasteiger partial charge in [-0.25, -0.2) is 0 Å². The highest BCUT2D eigenvalue weighted by molar-refractivity contribution is 8.08. The molecule has 0 unspecified atom stereocenters. The van der Waals surface area contributed by atoms with Crippen LogP contribution in [-0.2, 0) is 0 Å². The number of fused-ring (bicyclic) bond motifs is 1. The number of nitrogens with zero attached hydrogens (tertiary/aromatic N) is 4. The highest BCUT2D eigenvalue weighted by atomic mass is 32.2. The number of hydrogen-bond acceptors (Lipinski definition) is 5. The Morgan fingerprint density at radius 1 is 1.00 bits per heavy atom. The van der Waals surface area contributed by atoms with Gasteiger partial charge in [-0.3, -0.25) is 0 Å². The van der Waals surface area contributed by atoms with Crippen molar-refractivity contribution >= 4 is 22.9 Å². The van der Waals surface area contributed by atoms with Gasteiger partial charge in [-0.05, 0) is 48.0 Å². The van der Waals surface area contributed by atoms with Gasteiger partial charge < -0.3 is 4.74 Å². The Hall–Kier alpha value is -2.86. The zero-order chi connectivity index (χ0) is 17.2. The van der Waals surface area contributed by atoms with Crippen LogP contribution >= 0.6 is 11.8 Å². The van der Waals surface area contributed by atoms with Crippen molar-refractivity contribution in [1.82, 2.24) is 14.9 Å². The third-order valence-corrected chi connectivity index (χ3v) is 5.01. The molecule has 0 atom stereocenters. The SMILES string of the molecule is COc1ccc(C2=CC=Nn3c(nnc3-c3ccccc3C)S2)cc1. The molecule has 0 spiro atoms. The van der Waals surface area contributed by atoms with E-state index in [1.165, 1.54) is 0 Å². The fourth-order valence-electron chi connectivity index (χ4n) is 2.64. The number of aromatic nitrogens is 3. The van der Waals surface area contributed by atoms with Crippen LogP contribution in [0.4, 0.5) is 0 Å². The smallest absolute Gasteiger partial charge is 0.217 e. The molecule has 5 nitrogen and oxygen atoms in total. The second kappa shape index (κ2) is 6.57. The third kappa shape index (κ3) is 2.96. The summed E-state index contributed by atoms with van der Waals surface area (Å²) in [6.07, 6.45) is 3.77. The van der Waals surface area contributed by atoms with Crippen LogP contribution in [0, 0.1) is 6.92 Å². The predicted octanol–water partition coefficient (Wildman–Crippen LogP) is 4.24. The van der Waals surface area contributed by atoms with Crippen LogP contribution in [0.15, 0.2) is 64.9 Å². The number of thioether (sulfide) groups is 1. The molecule has 0 saturated heterocycles. The normalized spacial score (nSPS) is 13.1. The van der Waals surface area contributed by atoms with Gasteiger partial charge in [-0.1, -0.05) is 36.4 Å². The van der Waals surface area contributed by atoms with E-state index in [1.807, 2.05) is 48.5 Å². The van der Waals surface area contributed by atoms with E-state index in [4.69, 9.17) is 4.74 Å². The highest BCUT2D eigenvalue weighted by Crippen LogP contribution is 2.36. The molecule has 1 aliphatic heterocycles. The first-order valence-electron chi connectivity index (χ1n) is 7.84. The van der Waals surface area contributed by atoms with Crippen molar-refractivity contribution < 1.29 is 4.74 Å². The summed E-state index contributed by atoms with van der Waals surface area (Å²) in [5.74, 6) is 1.59. The molecular weight excluding hydrogens is 332 g/mol. The zero-order valence-corrected chi connectivity index (χ0v) is 14.7. The van der Waals surface area contributed by atoms with Gasteiger partial charge in [0.15, 0.2) is 5.82 Å². The molecule has 25 heavy (non-hydrogen) atoms. The maximum absolute atomic E-state index is 5.22. The molecule has 0 amide bonds. The van der Waals surface area contributed by atoms with Crippen LogP contribution in [0.3, 0.4) is 0 Å². The summed E-state index contributed by atoms with van der Waals surface area (Å²) in [4.78, 5) is 1.06. The van der Waals surface area contributed by atoms with E-state index in [1.54, 1.807) is 29.8 Å². The Kier molecular flexibility index (Phi) is 4.11. The van der Waals surface area contributed by atoms with E-state index >= 15 is 0 Å². The molecule has 2 aromatic carbocycles. The minimum absolute atomic E-state index is 0.745. The summed E-state index contributed by atoms with van der Waals surface area (Å²) in [5.41, 5.74) is 3.27. The molecule has 0 fully saturated rings. The maximum atomic E-state index is 5.22. The lowest BCUT2D eigenvalue weighted by molar-refractivity contribution is 0.415. The van der Waals surface area contributed by atoms with Gasteiger partial charge in [0.2, 0.25) is 5.16 Å². The predicted molar refractivity (Wildman–Crippen MR) is 101 cm³/mol. The van der Waals surface area contributed by atoms with E-state index in [0.29, 0.717) is 0 Å². The average molecular weight is 348 g/mol. The first kappa shape index (κ1) is 15.7. The summed E-state index contributed by atoms with van der Waals surface area (Å²) < 4.78 is 7.01. The lowest BCUT2D eigenvalue weighted by atomic mass is 10.1. The van der Waals surface area contributed by atoms with Crippen LogP contribution < -0.4 is 4.74 Å². The van der Waals surface area contributed by atoms with E-state index in [0.717, 1.165) is 38.3 Å². The Bertz CT molecular complexity index is 973. The second-order valence-corrected chi connectivity index (χ2v) is 6.57. The zero-order valence-electron chi connectivity index (χ0n) is 13.9. The molecule has 6 heteroatoms. The van der Waals surface area contributed by atoms with Crippen molar-refractivity contribution in [3.8, 4) is 17.1 Å². The Morgan fingerprint density at radius 3 is 2.56 bits per heavy atom. The van der Waals surface area contributed by atoms with Gasteiger partial charge in [-0.15, -0.1) is 10.2 Å². The van der Waals surface area contributed by atoms with Gasteiger partial charge in [0.25, 0.3) is 0 Å². The largest absolute Gasteiger partial charge is 0.497 e. The average Bonchev–Trinajstić information content (AvgIpc) is 2.91. The van der Waals surface area contributed by atoms with Gasteiger partial charge in [0.1, 0.15) is 5.75 Å². The molecule has 0 bridgehead atoms. The number of rotatable bonds is 3.